The summed E-state index contributed by atoms with van der Waals surface area (Å²) in [6.45, 7) is 4.01. The molecule has 0 N–H and O–H groups in total. The van der Waals surface area contributed by atoms with Gasteiger partial charge in [0.15, 0.2) is 0 Å². The van der Waals surface area contributed by atoms with Gasteiger partial charge in [0.1, 0.15) is 0 Å². The van der Waals surface area contributed by atoms with Crippen LogP contribution in [0.15, 0.2) is 24.3 Å². The first-order valence-corrected chi connectivity index (χ1v) is 7.93. The lowest BCUT2D eigenvalue weighted by Gasteiger charge is -2.28. The molecule has 1 atom stereocenters. The van der Waals surface area contributed by atoms with E-state index in [1.165, 1.54) is 25.0 Å². The van der Waals surface area contributed by atoms with Crippen molar-refractivity contribution in [2.45, 2.75) is 31.7 Å². The maximum Gasteiger partial charge on any atom is 0.269 e. The second-order valence-corrected chi connectivity index (χ2v) is 6.11. The van der Waals surface area contributed by atoms with Crippen LogP contribution in [0.4, 0.5) is 5.69 Å². The summed E-state index contributed by atoms with van der Waals surface area (Å²) in [4.78, 5) is 27.3. The molecule has 0 aliphatic carbocycles. The van der Waals surface area contributed by atoms with Crippen LogP contribution in [0.25, 0.3) is 0 Å². The Bertz CT molecular complexity index is 552. The van der Waals surface area contributed by atoms with Crippen LogP contribution in [0.5, 0.6) is 0 Å². The maximum atomic E-state index is 12.6. The number of nitrogens with zero attached hydrogens (tertiary/aromatic N) is 3. The van der Waals surface area contributed by atoms with E-state index in [9.17, 15) is 14.9 Å². The summed E-state index contributed by atoms with van der Waals surface area (Å²) in [6, 6.07) is 6.20. The number of carbonyl (C=O) groups excluding carboxylic acids is 1. The zero-order valence-electron chi connectivity index (χ0n) is 12.6. The van der Waals surface area contributed by atoms with Crippen molar-refractivity contribution in [1.82, 2.24) is 9.80 Å². The molecule has 0 aromatic heterocycles. The third kappa shape index (κ3) is 3.11. The van der Waals surface area contributed by atoms with E-state index in [4.69, 9.17) is 0 Å². The number of non-ortho nitro benzene ring substituents is 1. The number of carbonyl (C=O) groups is 1. The summed E-state index contributed by atoms with van der Waals surface area (Å²) in [7, 11) is 0. The van der Waals surface area contributed by atoms with Crippen LogP contribution in [0.3, 0.4) is 0 Å². The lowest BCUT2D eigenvalue weighted by Crippen LogP contribution is -2.42. The first kappa shape index (κ1) is 15.0. The van der Waals surface area contributed by atoms with Crippen molar-refractivity contribution in [2.24, 2.45) is 0 Å². The van der Waals surface area contributed by atoms with E-state index >= 15 is 0 Å². The fourth-order valence-electron chi connectivity index (χ4n) is 3.45. The molecular weight excluding hydrogens is 282 g/mol. The fourth-order valence-corrected chi connectivity index (χ4v) is 3.45. The first-order chi connectivity index (χ1) is 10.6. The highest BCUT2D eigenvalue weighted by atomic mass is 16.6. The average molecular weight is 303 g/mol. The zero-order valence-corrected chi connectivity index (χ0v) is 12.6. The van der Waals surface area contributed by atoms with Crippen LogP contribution in [0.1, 0.15) is 36.0 Å². The molecule has 2 aliphatic heterocycles. The number of hydrogen-bond acceptors (Lipinski definition) is 4. The number of benzene rings is 1. The lowest BCUT2D eigenvalue weighted by molar-refractivity contribution is -0.384. The molecular formula is C16H21N3O3. The summed E-state index contributed by atoms with van der Waals surface area (Å²) >= 11 is 0. The number of amides is 1. The Morgan fingerprint density at radius 3 is 2.45 bits per heavy atom. The number of likely N-dealkylation sites (tertiary alicyclic amines) is 2. The molecule has 3 rings (SSSR count). The number of nitro groups is 1. The molecule has 0 radical (unpaired) electrons. The van der Waals surface area contributed by atoms with Crippen LogP contribution >= 0.6 is 0 Å². The van der Waals surface area contributed by atoms with Crippen molar-refractivity contribution in [1.29, 1.82) is 0 Å². The van der Waals surface area contributed by atoms with Gasteiger partial charge in [-0.1, -0.05) is 0 Å². The van der Waals surface area contributed by atoms with E-state index in [1.54, 1.807) is 12.1 Å². The standard InChI is InChI=1S/C16H21N3O3/c20-16(13-5-7-14(8-6-13)19(21)22)18-11-3-4-15(18)12-17-9-1-2-10-17/h5-8,15H,1-4,9-12H2/t15-/m1/s1. The molecule has 0 unspecified atom stereocenters. The molecule has 6 nitrogen and oxygen atoms in total. The summed E-state index contributed by atoms with van der Waals surface area (Å²) in [5.41, 5.74) is 0.561. The van der Waals surface area contributed by atoms with Gasteiger partial charge in [-0.05, 0) is 50.9 Å². The third-order valence-corrected chi connectivity index (χ3v) is 4.63. The topological polar surface area (TPSA) is 66.7 Å². The predicted octanol–water partition coefficient (Wildman–Crippen LogP) is 2.30. The van der Waals surface area contributed by atoms with Gasteiger partial charge in [0, 0.05) is 36.8 Å². The summed E-state index contributed by atoms with van der Waals surface area (Å²) < 4.78 is 0. The van der Waals surface area contributed by atoms with Gasteiger partial charge in [-0.15, -0.1) is 0 Å². The van der Waals surface area contributed by atoms with Crippen molar-refractivity contribution in [3.8, 4) is 0 Å². The molecule has 1 amide bonds. The number of hydrogen-bond donors (Lipinski definition) is 0. The molecule has 2 fully saturated rings. The van der Waals surface area contributed by atoms with Gasteiger partial charge in [0.2, 0.25) is 0 Å². The van der Waals surface area contributed by atoms with Crippen LogP contribution in [0, 0.1) is 10.1 Å². The minimum absolute atomic E-state index is 0.00315. The summed E-state index contributed by atoms with van der Waals surface area (Å²) in [5, 5.41) is 10.7. The van der Waals surface area contributed by atoms with Crippen LogP contribution < -0.4 is 0 Å². The van der Waals surface area contributed by atoms with E-state index in [0.717, 1.165) is 39.0 Å². The van der Waals surface area contributed by atoms with Gasteiger partial charge in [0.05, 0.1) is 4.92 Å². The first-order valence-electron chi connectivity index (χ1n) is 7.93. The normalized spacial score (nSPS) is 22.2. The van der Waals surface area contributed by atoms with Crippen LogP contribution in [0.2, 0.25) is 0 Å². The zero-order chi connectivity index (χ0) is 15.5. The molecule has 1 aromatic carbocycles. The molecule has 1 aromatic rings. The Morgan fingerprint density at radius 2 is 1.82 bits per heavy atom. The highest BCUT2D eigenvalue weighted by Crippen LogP contribution is 2.23. The van der Waals surface area contributed by atoms with E-state index in [-0.39, 0.29) is 17.6 Å². The minimum Gasteiger partial charge on any atom is -0.334 e. The highest BCUT2D eigenvalue weighted by molar-refractivity contribution is 5.94. The van der Waals surface area contributed by atoms with Crippen LogP contribution in [-0.4, -0.2) is 52.9 Å². The summed E-state index contributed by atoms with van der Waals surface area (Å²) in [6.07, 6.45) is 4.60. The Labute approximate surface area is 129 Å². The van der Waals surface area contributed by atoms with Gasteiger partial charge >= 0.3 is 0 Å². The molecule has 0 spiro atoms. The molecule has 2 saturated heterocycles. The molecule has 0 bridgehead atoms. The van der Waals surface area contributed by atoms with E-state index in [1.807, 2.05) is 4.90 Å². The SMILES string of the molecule is O=C(c1ccc([N+](=O)[O-])cc1)N1CCC[C@@H]1CN1CCCC1. The monoisotopic (exact) mass is 303 g/mol. The maximum absolute atomic E-state index is 12.6. The van der Waals surface area contributed by atoms with Gasteiger partial charge in [-0.25, -0.2) is 0 Å². The molecule has 0 saturated carbocycles. The largest absolute Gasteiger partial charge is 0.334 e. The van der Waals surface area contributed by atoms with E-state index < -0.39 is 4.92 Å². The van der Waals surface area contributed by atoms with E-state index in [2.05, 4.69) is 4.90 Å². The molecule has 6 heteroatoms. The van der Waals surface area contributed by atoms with Crippen molar-refractivity contribution >= 4 is 11.6 Å². The van der Waals surface area contributed by atoms with Crippen molar-refractivity contribution in [2.75, 3.05) is 26.2 Å². The lowest BCUT2D eigenvalue weighted by atomic mass is 10.1. The van der Waals surface area contributed by atoms with Gasteiger partial charge in [0.25, 0.3) is 11.6 Å². The van der Waals surface area contributed by atoms with Crippen molar-refractivity contribution < 1.29 is 9.72 Å². The van der Waals surface area contributed by atoms with Crippen LogP contribution in [-0.2, 0) is 0 Å². The second-order valence-electron chi connectivity index (χ2n) is 6.11. The molecule has 118 valence electrons. The van der Waals surface area contributed by atoms with Gasteiger partial charge in [-0.3, -0.25) is 14.9 Å². The number of nitro benzene ring substituents is 1. The molecule has 2 heterocycles. The highest BCUT2D eigenvalue weighted by Gasteiger charge is 2.31. The smallest absolute Gasteiger partial charge is 0.269 e. The number of rotatable bonds is 4. The van der Waals surface area contributed by atoms with Gasteiger partial charge < -0.3 is 9.80 Å². The van der Waals surface area contributed by atoms with E-state index in [0.29, 0.717) is 5.56 Å². The molecule has 2 aliphatic rings. The second kappa shape index (κ2) is 6.44. The summed E-state index contributed by atoms with van der Waals surface area (Å²) in [5.74, 6) is -0.00315. The van der Waals surface area contributed by atoms with Crippen molar-refractivity contribution in [3.05, 3.63) is 39.9 Å². The Morgan fingerprint density at radius 1 is 1.14 bits per heavy atom. The Hall–Kier alpha value is -1.95. The molecule has 22 heavy (non-hydrogen) atoms. The third-order valence-electron chi connectivity index (χ3n) is 4.63. The average Bonchev–Trinajstić information content (AvgIpc) is 3.19. The van der Waals surface area contributed by atoms with Crippen molar-refractivity contribution in [3.63, 3.8) is 0 Å². The van der Waals surface area contributed by atoms with Gasteiger partial charge in [-0.2, -0.15) is 0 Å². The fraction of sp³-hybridized carbons (Fsp3) is 0.562. The quantitative estimate of drug-likeness (QED) is 0.632. The Kier molecular flexibility index (Phi) is 4.38. The Balaban J connectivity index is 1.68. The minimum atomic E-state index is -0.444. The predicted molar refractivity (Wildman–Crippen MR) is 82.8 cm³/mol.